The second-order valence-corrected chi connectivity index (χ2v) is 5.56. The number of carbonyl (C=O) groups is 2. The van der Waals surface area contributed by atoms with Crippen LogP contribution in [-0.4, -0.2) is 26.6 Å². The first-order valence-corrected chi connectivity index (χ1v) is 7.04. The largest absolute Gasteiger partial charge is 0.326 e. The molecule has 1 aromatic heterocycles. The smallest absolute Gasteiger partial charge is 0.252 e. The van der Waals surface area contributed by atoms with Gasteiger partial charge in [0.15, 0.2) is 0 Å². The summed E-state index contributed by atoms with van der Waals surface area (Å²) in [6.45, 7) is 5.68. The van der Waals surface area contributed by atoms with Crippen LogP contribution >= 0.6 is 0 Å². The first kappa shape index (κ1) is 14.2. The molecule has 0 saturated heterocycles. The van der Waals surface area contributed by atoms with Crippen molar-refractivity contribution in [2.75, 3.05) is 10.6 Å². The lowest BCUT2D eigenvalue weighted by molar-refractivity contribution is -0.123. The van der Waals surface area contributed by atoms with E-state index >= 15 is 0 Å². The molecule has 2 heterocycles. The molecule has 7 nitrogen and oxygen atoms in total. The van der Waals surface area contributed by atoms with E-state index in [1.807, 2.05) is 32.0 Å². The van der Waals surface area contributed by atoms with Gasteiger partial charge in [-0.25, -0.2) is 4.68 Å². The van der Waals surface area contributed by atoms with Crippen LogP contribution in [0.25, 0.3) is 0 Å². The standard InChI is InChI=1S/C15H17N5O2/c1-8-4-9(2)6-11(5-8)17-13(21)7-12-14(22)18-15-16-10(3)19-20(12)15/h4-6,12H,7H2,1-3H3,(H,17,21)(H,16,18,19,22). The van der Waals surface area contributed by atoms with Crippen LogP contribution < -0.4 is 10.6 Å². The predicted octanol–water partition coefficient (Wildman–Crippen LogP) is 1.73. The highest BCUT2D eigenvalue weighted by molar-refractivity contribution is 6.00. The summed E-state index contributed by atoms with van der Waals surface area (Å²) in [4.78, 5) is 28.2. The molecule has 0 bridgehead atoms. The Bertz CT molecular complexity index is 745. The number of amides is 2. The second-order valence-electron chi connectivity index (χ2n) is 5.56. The Morgan fingerprint density at radius 2 is 1.95 bits per heavy atom. The van der Waals surface area contributed by atoms with Gasteiger partial charge < -0.3 is 5.32 Å². The van der Waals surface area contributed by atoms with Gasteiger partial charge in [-0.15, -0.1) is 0 Å². The van der Waals surface area contributed by atoms with Gasteiger partial charge in [0, 0.05) is 5.69 Å². The summed E-state index contributed by atoms with van der Waals surface area (Å²) in [7, 11) is 0. The summed E-state index contributed by atoms with van der Waals surface area (Å²) in [6.07, 6.45) is 0.0224. The molecule has 7 heteroatoms. The number of anilines is 2. The van der Waals surface area contributed by atoms with E-state index in [1.165, 1.54) is 4.68 Å². The highest BCUT2D eigenvalue weighted by atomic mass is 16.2. The fourth-order valence-corrected chi connectivity index (χ4v) is 2.65. The molecule has 1 aliphatic heterocycles. The summed E-state index contributed by atoms with van der Waals surface area (Å²) in [6, 6.07) is 5.17. The number of rotatable bonds is 3. The molecule has 1 aromatic carbocycles. The van der Waals surface area contributed by atoms with E-state index in [4.69, 9.17) is 0 Å². The van der Waals surface area contributed by atoms with Crippen molar-refractivity contribution >= 4 is 23.5 Å². The van der Waals surface area contributed by atoms with E-state index < -0.39 is 6.04 Å². The first-order chi connectivity index (χ1) is 10.4. The van der Waals surface area contributed by atoms with Crippen molar-refractivity contribution in [3.8, 4) is 0 Å². The van der Waals surface area contributed by atoms with E-state index in [9.17, 15) is 9.59 Å². The van der Waals surface area contributed by atoms with E-state index in [0.29, 0.717) is 11.8 Å². The maximum Gasteiger partial charge on any atom is 0.252 e. The lowest BCUT2D eigenvalue weighted by atomic mass is 10.1. The highest BCUT2D eigenvalue weighted by Gasteiger charge is 2.34. The minimum atomic E-state index is -0.651. The Hall–Kier alpha value is -2.70. The Morgan fingerprint density at radius 3 is 2.64 bits per heavy atom. The Kier molecular flexibility index (Phi) is 3.40. The van der Waals surface area contributed by atoms with Gasteiger partial charge >= 0.3 is 0 Å². The van der Waals surface area contributed by atoms with Crippen LogP contribution in [0.3, 0.4) is 0 Å². The molecule has 0 saturated carbocycles. The third-order valence-corrected chi connectivity index (χ3v) is 3.45. The van der Waals surface area contributed by atoms with Crippen LogP contribution in [0.1, 0.15) is 29.4 Å². The molecule has 2 aromatic rings. The van der Waals surface area contributed by atoms with Crippen LogP contribution in [0.5, 0.6) is 0 Å². The quantitative estimate of drug-likeness (QED) is 0.903. The number of nitrogens with one attached hydrogen (secondary N) is 2. The molecule has 22 heavy (non-hydrogen) atoms. The van der Waals surface area contributed by atoms with Gasteiger partial charge in [-0.2, -0.15) is 10.1 Å². The Morgan fingerprint density at radius 1 is 1.27 bits per heavy atom. The zero-order valence-corrected chi connectivity index (χ0v) is 12.7. The monoisotopic (exact) mass is 299 g/mol. The molecule has 0 spiro atoms. The van der Waals surface area contributed by atoms with Crippen molar-refractivity contribution < 1.29 is 9.59 Å². The minimum Gasteiger partial charge on any atom is -0.326 e. The first-order valence-electron chi connectivity index (χ1n) is 7.04. The second kappa shape index (κ2) is 5.25. The lowest BCUT2D eigenvalue weighted by Crippen LogP contribution is -2.23. The van der Waals surface area contributed by atoms with Gasteiger partial charge in [0.25, 0.3) is 5.91 Å². The fraction of sp³-hybridized carbons (Fsp3) is 0.333. The van der Waals surface area contributed by atoms with Crippen LogP contribution in [-0.2, 0) is 9.59 Å². The molecule has 1 unspecified atom stereocenters. The molecule has 1 aliphatic rings. The average molecular weight is 299 g/mol. The average Bonchev–Trinajstić information content (AvgIpc) is 2.86. The number of hydrogen-bond acceptors (Lipinski definition) is 4. The van der Waals surface area contributed by atoms with E-state index in [1.54, 1.807) is 6.92 Å². The van der Waals surface area contributed by atoms with Crippen LogP contribution in [0, 0.1) is 20.8 Å². The SMILES string of the molecule is Cc1cc(C)cc(NC(=O)CC2C(=O)Nc3nc(C)nn32)c1. The van der Waals surface area contributed by atoms with Gasteiger partial charge in [-0.05, 0) is 44.0 Å². The minimum absolute atomic E-state index is 0.0224. The van der Waals surface area contributed by atoms with Crippen LogP contribution in [0.15, 0.2) is 18.2 Å². The molecule has 2 amide bonds. The Labute approximate surface area is 127 Å². The highest BCUT2D eigenvalue weighted by Crippen LogP contribution is 2.25. The van der Waals surface area contributed by atoms with Crippen LogP contribution in [0.4, 0.5) is 11.6 Å². The number of aromatic nitrogens is 3. The van der Waals surface area contributed by atoms with Gasteiger partial charge in [0.2, 0.25) is 11.9 Å². The molecular formula is C15H17N5O2. The summed E-state index contributed by atoms with van der Waals surface area (Å²) in [5.41, 5.74) is 2.88. The summed E-state index contributed by atoms with van der Waals surface area (Å²) in [5.74, 6) is 0.471. The predicted molar refractivity (Wildman–Crippen MR) is 81.6 cm³/mol. The van der Waals surface area contributed by atoms with Crippen molar-refractivity contribution in [2.45, 2.75) is 33.2 Å². The maximum atomic E-state index is 12.2. The number of nitrogens with zero attached hydrogens (tertiary/aromatic N) is 3. The summed E-state index contributed by atoms with van der Waals surface area (Å²) >= 11 is 0. The van der Waals surface area contributed by atoms with Gasteiger partial charge in [0.1, 0.15) is 11.9 Å². The van der Waals surface area contributed by atoms with Crippen molar-refractivity contribution in [1.82, 2.24) is 14.8 Å². The van der Waals surface area contributed by atoms with E-state index in [2.05, 4.69) is 20.7 Å². The maximum absolute atomic E-state index is 12.2. The molecule has 0 aliphatic carbocycles. The lowest BCUT2D eigenvalue weighted by Gasteiger charge is -2.11. The molecule has 114 valence electrons. The van der Waals surface area contributed by atoms with Gasteiger partial charge in [-0.3, -0.25) is 14.9 Å². The third kappa shape index (κ3) is 2.69. The summed E-state index contributed by atoms with van der Waals surface area (Å²) in [5, 5.41) is 9.61. The Balaban J connectivity index is 1.73. The van der Waals surface area contributed by atoms with E-state index in [-0.39, 0.29) is 18.2 Å². The number of hydrogen-bond donors (Lipinski definition) is 2. The normalized spacial score (nSPS) is 16.3. The van der Waals surface area contributed by atoms with Crippen molar-refractivity contribution in [1.29, 1.82) is 0 Å². The number of aryl methyl sites for hydroxylation is 3. The fourth-order valence-electron chi connectivity index (χ4n) is 2.65. The van der Waals surface area contributed by atoms with Gasteiger partial charge in [-0.1, -0.05) is 6.07 Å². The topological polar surface area (TPSA) is 88.9 Å². The van der Waals surface area contributed by atoms with Gasteiger partial charge in [0.05, 0.1) is 6.42 Å². The molecule has 0 radical (unpaired) electrons. The van der Waals surface area contributed by atoms with Crippen molar-refractivity contribution in [3.63, 3.8) is 0 Å². The molecule has 2 N–H and O–H groups in total. The summed E-state index contributed by atoms with van der Waals surface area (Å²) < 4.78 is 1.47. The molecule has 0 fully saturated rings. The molecule has 1 atom stereocenters. The zero-order valence-electron chi connectivity index (χ0n) is 12.7. The third-order valence-electron chi connectivity index (χ3n) is 3.45. The van der Waals surface area contributed by atoms with Crippen LogP contribution in [0.2, 0.25) is 0 Å². The molecule has 3 rings (SSSR count). The molecular weight excluding hydrogens is 282 g/mol. The van der Waals surface area contributed by atoms with E-state index in [0.717, 1.165) is 16.8 Å². The number of carbonyl (C=O) groups excluding carboxylic acids is 2. The van der Waals surface area contributed by atoms with Crippen molar-refractivity contribution in [3.05, 3.63) is 35.2 Å². The van der Waals surface area contributed by atoms with Crippen molar-refractivity contribution in [2.24, 2.45) is 0 Å². The number of benzene rings is 1. The zero-order chi connectivity index (χ0) is 15.9. The number of fused-ring (bicyclic) bond motifs is 1.